The van der Waals surface area contributed by atoms with E-state index in [2.05, 4.69) is 10.00 Å². The van der Waals surface area contributed by atoms with E-state index in [1.807, 2.05) is 62.8 Å². The number of likely N-dealkylation sites (N-methyl/N-ethyl adjacent to an activating group) is 1. The van der Waals surface area contributed by atoms with Gasteiger partial charge in [0.25, 0.3) is 0 Å². The van der Waals surface area contributed by atoms with E-state index in [-0.39, 0.29) is 18.0 Å². The number of aryl methyl sites for hydroxylation is 1. The quantitative estimate of drug-likeness (QED) is 0.475. The van der Waals surface area contributed by atoms with Crippen molar-refractivity contribution in [2.45, 2.75) is 12.0 Å². The van der Waals surface area contributed by atoms with E-state index >= 15 is 8.78 Å². The van der Waals surface area contributed by atoms with E-state index < -0.39 is 17.0 Å². The van der Waals surface area contributed by atoms with Crippen molar-refractivity contribution < 1.29 is 13.6 Å². The molecule has 2 aliphatic heterocycles. The predicted molar refractivity (Wildman–Crippen MR) is 123 cm³/mol. The van der Waals surface area contributed by atoms with Gasteiger partial charge in [-0.25, -0.2) is 8.78 Å². The topological polar surface area (TPSA) is 41.4 Å². The predicted octanol–water partition coefficient (Wildman–Crippen LogP) is 4.25. The summed E-state index contributed by atoms with van der Waals surface area (Å²) in [7, 11) is 3.77. The van der Waals surface area contributed by atoms with Crippen LogP contribution in [0.3, 0.4) is 0 Å². The Morgan fingerprint density at radius 1 is 1.00 bits per heavy atom. The lowest BCUT2D eigenvalue weighted by Crippen LogP contribution is -2.62. The van der Waals surface area contributed by atoms with Crippen LogP contribution in [0.4, 0.5) is 14.5 Å². The zero-order valence-electron chi connectivity index (χ0n) is 18.3. The van der Waals surface area contributed by atoms with Crippen LogP contribution in [0.1, 0.15) is 11.1 Å². The van der Waals surface area contributed by atoms with Gasteiger partial charge in [0.15, 0.2) is 0 Å². The van der Waals surface area contributed by atoms with Gasteiger partial charge in [0.05, 0.1) is 12.1 Å². The minimum atomic E-state index is -0.664. The molecule has 0 unspecified atom stereocenters. The molecule has 166 valence electrons. The lowest BCUT2D eigenvalue weighted by atomic mass is 9.75. The van der Waals surface area contributed by atoms with E-state index in [1.165, 1.54) is 17.0 Å². The minimum absolute atomic E-state index is 0.0928. The summed E-state index contributed by atoms with van der Waals surface area (Å²) in [5.74, 6) is -1.42. The first-order valence-electron chi connectivity index (χ1n) is 10.9. The molecule has 0 saturated carbocycles. The van der Waals surface area contributed by atoms with Crippen molar-refractivity contribution in [2.24, 2.45) is 7.05 Å². The Hall–Kier alpha value is -3.58. The fourth-order valence-electron chi connectivity index (χ4n) is 5.42. The number of amides is 1. The van der Waals surface area contributed by atoms with Crippen LogP contribution in [0.25, 0.3) is 22.0 Å². The van der Waals surface area contributed by atoms with Crippen LogP contribution >= 0.6 is 0 Å². The van der Waals surface area contributed by atoms with Crippen molar-refractivity contribution in [3.8, 4) is 11.1 Å². The largest absolute Gasteiger partial charge is 0.307 e. The first-order valence-corrected chi connectivity index (χ1v) is 10.9. The molecule has 1 saturated heterocycles. The lowest BCUT2D eigenvalue weighted by Gasteiger charge is -2.44. The number of halogens is 2. The Morgan fingerprint density at radius 2 is 1.73 bits per heavy atom. The number of carbonyl (C=O) groups excluding carboxylic acids is 1. The van der Waals surface area contributed by atoms with E-state index in [0.29, 0.717) is 24.2 Å². The average Bonchev–Trinajstić information content (AvgIpc) is 3.26. The summed E-state index contributed by atoms with van der Waals surface area (Å²) in [4.78, 5) is 17.0. The summed E-state index contributed by atoms with van der Waals surface area (Å²) in [6.45, 7) is 1.08. The molecule has 0 aliphatic carbocycles. The molecule has 0 radical (unpaired) electrons. The van der Waals surface area contributed by atoms with Crippen LogP contribution in [-0.4, -0.2) is 40.7 Å². The van der Waals surface area contributed by atoms with Gasteiger partial charge in [-0.05, 0) is 48.0 Å². The van der Waals surface area contributed by atoms with Gasteiger partial charge in [0, 0.05) is 43.0 Å². The SMILES string of the molecule is CN1CC2(C1)C(=O)N(Cc1c(F)cc(-c3cccc4nn(C)cc34)cc1F)c1ccccc12. The number of hydrogen-bond acceptors (Lipinski definition) is 3. The Kier molecular flexibility index (Phi) is 4.23. The van der Waals surface area contributed by atoms with Gasteiger partial charge in [-0.3, -0.25) is 9.48 Å². The maximum absolute atomic E-state index is 15.3. The van der Waals surface area contributed by atoms with Crippen molar-refractivity contribution in [2.75, 3.05) is 25.0 Å². The second-order valence-electron chi connectivity index (χ2n) is 9.12. The summed E-state index contributed by atoms with van der Waals surface area (Å²) >= 11 is 0. The average molecular weight is 444 g/mol. The fraction of sp³-hybridized carbons (Fsp3) is 0.231. The molecule has 0 atom stereocenters. The number of likely N-dealkylation sites (tertiary alicyclic amines) is 1. The van der Waals surface area contributed by atoms with Gasteiger partial charge < -0.3 is 9.80 Å². The fourth-order valence-corrected chi connectivity index (χ4v) is 5.42. The van der Waals surface area contributed by atoms with Crippen LogP contribution in [-0.2, 0) is 23.8 Å². The summed E-state index contributed by atoms with van der Waals surface area (Å²) in [6.07, 6.45) is 1.84. The summed E-state index contributed by atoms with van der Waals surface area (Å²) in [5, 5.41) is 5.20. The van der Waals surface area contributed by atoms with Crippen molar-refractivity contribution in [3.63, 3.8) is 0 Å². The Bertz CT molecular complexity index is 1410. The second kappa shape index (κ2) is 6.96. The number of hydrogen-bond donors (Lipinski definition) is 0. The normalized spacial score (nSPS) is 17.1. The molecule has 1 fully saturated rings. The number of rotatable bonds is 3. The van der Waals surface area contributed by atoms with Gasteiger partial charge in [-0.1, -0.05) is 30.3 Å². The highest BCUT2D eigenvalue weighted by atomic mass is 19.1. The molecule has 3 aromatic carbocycles. The molecule has 4 aromatic rings. The third-order valence-corrected chi connectivity index (χ3v) is 6.88. The van der Waals surface area contributed by atoms with E-state index in [9.17, 15) is 4.79 Å². The monoisotopic (exact) mass is 444 g/mol. The Labute approximate surface area is 189 Å². The maximum atomic E-state index is 15.3. The van der Waals surface area contributed by atoms with E-state index in [4.69, 9.17) is 0 Å². The number of fused-ring (bicyclic) bond motifs is 3. The number of benzene rings is 3. The number of carbonyl (C=O) groups is 1. The number of anilines is 1. The molecule has 0 bridgehead atoms. The number of aromatic nitrogens is 2. The van der Waals surface area contributed by atoms with Crippen LogP contribution in [0.15, 0.2) is 60.8 Å². The molecule has 7 heteroatoms. The van der Waals surface area contributed by atoms with E-state index in [0.717, 1.165) is 22.2 Å². The molecular formula is C26H22F2N4O. The van der Waals surface area contributed by atoms with Gasteiger partial charge in [-0.15, -0.1) is 0 Å². The van der Waals surface area contributed by atoms with Crippen molar-refractivity contribution in [3.05, 3.63) is 83.6 Å². The van der Waals surface area contributed by atoms with Crippen molar-refractivity contribution >= 4 is 22.5 Å². The van der Waals surface area contributed by atoms with Gasteiger partial charge in [0.2, 0.25) is 5.91 Å². The van der Waals surface area contributed by atoms with Crippen molar-refractivity contribution in [1.82, 2.24) is 14.7 Å². The molecular weight excluding hydrogens is 422 g/mol. The highest BCUT2D eigenvalue weighted by molar-refractivity contribution is 6.09. The number of para-hydroxylation sites is 1. The number of nitrogens with zero attached hydrogens (tertiary/aromatic N) is 4. The first kappa shape index (κ1) is 20.1. The first-order chi connectivity index (χ1) is 15.9. The lowest BCUT2D eigenvalue weighted by molar-refractivity contribution is -0.128. The Morgan fingerprint density at radius 3 is 2.45 bits per heavy atom. The maximum Gasteiger partial charge on any atom is 0.240 e. The van der Waals surface area contributed by atoms with Gasteiger partial charge >= 0.3 is 0 Å². The molecule has 5 nitrogen and oxygen atoms in total. The van der Waals surface area contributed by atoms with Gasteiger partial charge in [-0.2, -0.15) is 5.10 Å². The molecule has 3 heterocycles. The highest BCUT2D eigenvalue weighted by Gasteiger charge is 2.56. The third kappa shape index (κ3) is 2.85. The van der Waals surface area contributed by atoms with Crippen LogP contribution in [0.5, 0.6) is 0 Å². The summed E-state index contributed by atoms with van der Waals surface area (Å²) in [6, 6.07) is 15.8. The third-order valence-electron chi connectivity index (χ3n) is 6.88. The van der Waals surface area contributed by atoms with E-state index in [1.54, 1.807) is 4.68 Å². The standard InChI is InChI=1S/C26H22F2N4O/c1-30-14-26(15-30)20-7-3-4-9-24(20)32(25(26)33)13-19-21(27)10-16(11-22(19)28)17-6-5-8-23-18(17)12-31(2)29-23/h3-12H,13-15H2,1-2H3. The molecule has 2 aliphatic rings. The minimum Gasteiger partial charge on any atom is -0.307 e. The zero-order chi connectivity index (χ0) is 22.9. The second-order valence-corrected chi connectivity index (χ2v) is 9.12. The molecule has 33 heavy (non-hydrogen) atoms. The van der Waals surface area contributed by atoms with Crippen LogP contribution in [0, 0.1) is 11.6 Å². The molecule has 1 aromatic heterocycles. The highest BCUT2D eigenvalue weighted by Crippen LogP contribution is 2.47. The van der Waals surface area contributed by atoms with Gasteiger partial charge in [0.1, 0.15) is 17.0 Å². The van der Waals surface area contributed by atoms with Crippen molar-refractivity contribution in [1.29, 1.82) is 0 Å². The molecule has 6 rings (SSSR count). The summed E-state index contributed by atoms with van der Waals surface area (Å²) in [5.41, 5.74) is 2.86. The smallest absolute Gasteiger partial charge is 0.240 e. The summed E-state index contributed by atoms with van der Waals surface area (Å²) < 4.78 is 32.3. The van der Waals surface area contributed by atoms with Crippen LogP contribution in [0.2, 0.25) is 0 Å². The Balaban J connectivity index is 1.39. The molecule has 1 amide bonds. The van der Waals surface area contributed by atoms with Crippen LogP contribution < -0.4 is 4.90 Å². The molecule has 1 spiro atoms. The molecule has 0 N–H and O–H groups in total. The zero-order valence-corrected chi connectivity index (χ0v) is 18.3.